The molecular weight excluding hydrogens is 2000 g/mol. The molecule has 1 saturated carbocycles. The Labute approximate surface area is 864 Å². The number of thiol groups is 9. The van der Waals surface area contributed by atoms with Gasteiger partial charge < -0.3 is 61.6 Å². The molecule has 1 aliphatic carbocycles. The van der Waals surface area contributed by atoms with Crippen LogP contribution in [-0.2, 0) is 117 Å². The molecule has 2 aromatic heterocycles. The molecule has 7 rings (SSSR count). The quantitative estimate of drug-likeness (QED) is 0.00428. The number of nitrogens with zero attached hydrogens (tertiary/aromatic N) is 6. The highest BCUT2D eigenvalue weighted by Crippen LogP contribution is 2.38. The van der Waals surface area contributed by atoms with Crippen molar-refractivity contribution in [2.24, 2.45) is 5.92 Å². The molecule has 4 aromatic carbocycles. The maximum absolute atomic E-state index is 12.9. The molecular formula is C94H136N6O27S11. The van der Waals surface area contributed by atoms with E-state index in [1.807, 2.05) is 59.9 Å². The number of benzene rings is 4. The van der Waals surface area contributed by atoms with Gasteiger partial charge in [0.1, 0.15) is 68.4 Å². The summed E-state index contributed by atoms with van der Waals surface area (Å²) in [5.74, 6) is 9.13. The SMILES string of the molecule is CC(S)CC(=O)OCCn1c(=O)n(CCOC(=O)CC(C)S)c(=O)n(CCOC(=O)CC(C)S)c1=O.CCCC1CCC(c2ccc(OCCCOC(=O)CCS)cc2)CC1.O=C(CCS)OCCn1c(=O)n(CCOC(=O)CCS)c(=O)n(CCOC(=O)CCS)c1=O.O=C(Oc1ccc(CCOCOc2ccc(OCCCSCCCS)cc2)cc1)c1ccc(OCCCSCCCS)cc1. The van der Waals surface area contributed by atoms with Crippen molar-refractivity contribution in [1.29, 1.82) is 0 Å². The first-order chi connectivity index (χ1) is 66.5. The number of esters is 8. The Kier molecular flexibility index (Phi) is 66.2. The van der Waals surface area contributed by atoms with Crippen LogP contribution in [0.1, 0.15) is 171 Å². The van der Waals surface area contributed by atoms with Crippen LogP contribution >= 0.6 is 137 Å². The molecule has 1 aliphatic rings. The zero-order chi connectivity index (χ0) is 101. The van der Waals surface area contributed by atoms with Gasteiger partial charge in [-0.2, -0.15) is 137 Å². The van der Waals surface area contributed by atoms with E-state index >= 15 is 0 Å². The van der Waals surface area contributed by atoms with Gasteiger partial charge in [-0.15, -0.1) is 0 Å². The fourth-order valence-electron chi connectivity index (χ4n) is 12.8. The normalized spacial score (nSPS) is 13.2. The monoisotopic (exact) mass is 2130 g/mol. The van der Waals surface area contributed by atoms with Crippen molar-refractivity contribution in [3.8, 4) is 28.7 Å². The van der Waals surface area contributed by atoms with Gasteiger partial charge in [-0.3, -0.25) is 33.6 Å². The first-order valence-electron chi connectivity index (χ1n) is 46.0. The summed E-state index contributed by atoms with van der Waals surface area (Å²) in [5.41, 5.74) is -2.74. The van der Waals surface area contributed by atoms with Crippen molar-refractivity contribution in [3.05, 3.63) is 177 Å². The van der Waals surface area contributed by atoms with E-state index in [-0.39, 0.29) is 163 Å². The van der Waals surface area contributed by atoms with Crippen LogP contribution in [0.15, 0.2) is 126 Å². The Hall–Kier alpha value is -7.53. The predicted molar refractivity (Wildman–Crippen MR) is 566 cm³/mol. The van der Waals surface area contributed by atoms with Gasteiger partial charge in [0.05, 0.1) is 123 Å². The molecule has 1 fully saturated rings. The minimum Gasteiger partial charge on any atom is -0.494 e. The second-order valence-electron chi connectivity index (χ2n) is 31.2. The maximum atomic E-state index is 12.9. The van der Waals surface area contributed by atoms with Crippen LogP contribution in [0.3, 0.4) is 0 Å². The highest BCUT2D eigenvalue weighted by Gasteiger charge is 2.25. The second kappa shape index (κ2) is 74.4. The van der Waals surface area contributed by atoms with Crippen molar-refractivity contribution in [2.45, 2.75) is 211 Å². The predicted octanol–water partition coefficient (Wildman–Crippen LogP) is 12.2. The van der Waals surface area contributed by atoms with E-state index < -0.39 is 75.9 Å². The maximum Gasteiger partial charge on any atom is 0.343 e. The van der Waals surface area contributed by atoms with Crippen molar-refractivity contribution in [2.75, 3.05) is 137 Å². The van der Waals surface area contributed by atoms with Crippen molar-refractivity contribution >= 4 is 185 Å². The van der Waals surface area contributed by atoms with Gasteiger partial charge in [-0.05, 0) is 188 Å². The minimum absolute atomic E-state index is 0.0360. The largest absolute Gasteiger partial charge is 0.494 e. The topological polar surface area (TPSA) is 389 Å². The lowest BCUT2D eigenvalue weighted by molar-refractivity contribution is -0.144. The number of aromatic nitrogens is 6. The van der Waals surface area contributed by atoms with Gasteiger partial charge in [0.15, 0.2) is 6.79 Å². The summed E-state index contributed by atoms with van der Waals surface area (Å²) in [6.45, 7) is 6.79. The van der Waals surface area contributed by atoms with E-state index in [1.54, 1.807) is 57.2 Å². The molecule has 2 heterocycles. The Morgan fingerprint density at radius 1 is 0.348 bits per heavy atom. The molecule has 0 saturated heterocycles. The molecule has 0 radical (unpaired) electrons. The summed E-state index contributed by atoms with van der Waals surface area (Å²) in [4.78, 5) is 170. The van der Waals surface area contributed by atoms with Gasteiger partial charge in [0.25, 0.3) is 0 Å². The highest BCUT2D eigenvalue weighted by atomic mass is 32.2. The average molecular weight is 2130 g/mol. The smallest absolute Gasteiger partial charge is 0.343 e. The number of thioether (sulfide) groups is 2. The summed E-state index contributed by atoms with van der Waals surface area (Å²) in [7, 11) is 0. The molecule has 3 atom stereocenters. The van der Waals surface area contributed by atoms with Crippen LogP contribution in [0.25, 0.3) is 0 Å². The van der Waals surface area contributed by atoms with Gasteiger partial charge in [0, 0.05) is 45.2 Å². The van der Waals surface area contributed by atoms with Crippen molar-refractivity contribution < 1.29 is 99.9 Å². The van der Waals surface area contributed by atoms with Crippen molar-refractivity contribution in [3.63, 3.8) is 0 Å². The van der Waals surface area contributed by atoms with E-state index in [0.29, 0.717) is 75.3 Å². The molecule has 6 aromatic rings. The first-order valence-corrected chi connectivity index (χ1v) is 53.7. The number of hydrogen-bond donors (Lipinski definition) is 9. The Morgan fingerprint density at radius 2 is 0.652 bits per heavy atom. The molecule has 3 unspecified atom stereocenters. The molecule has 138 heavy (non-hydrogen) atoms. The number of hydrogen-bond acceptors (Lipinski definition) is 38. The summed E-state index contributed by atoms with van der Waals surface area (Å²) >= 11 is 40.4. The van der Waals surface area contributed by atoms with E-state index in [9.17, 15) is 67.1 Å². The molecule has 0 bridgehead atoms. The van der Waals surface area contributed by atoms with Crippen LogP contribution in [0.4, 0.5) is 0 Å². The lowest BCUT2D eigenvalue weighted by Gasteiger charge is -2.28. The summed E-state index contributed by atoms with van der Waals surface area (Å²) in [5, 5.41) is -0.706. The van der Waals surface area contributed by atoms with Crippen LogP contribution in [-0.4, -0.2) is 228 Å². The summed E-state index contributed by atoms with van der Waals surface area (Å²) < 4.78 is 73.6. The molecule has 44 heteroatoms. The molecule has 33 nitrogen and oxygen atoms in total. The number of carbonyl (C=O) groups is 8. The second-order valence-corrected chi connectivity index (χ2v) is 39.0. The van der Waals surface area contributed by atoms with Crippen LogP contribution in [0, 0.1) is 5.92 Å². The Bertz CT molecular complexity index is 4600. The van der Waals surface area contributed by atoms with E-state index in [0.717, 1.165) is 122 Å². The van der Waals surface area contributed by atoms with Crippen LogP contribution in [0.2, 0.25) is 0 Å². The molecule has 0 amide bonds. The highest BCUT2D eigenvalue weighted by molar-refractivity contribution is 7.99. The standard InChI is InChI=1S/C34H44O6S4.C21H33N3O9S3.C21H32O3S.C18H27N3O9S3/c35-34(29-7-11-30(12-8-29)37-18-1-23-43-25-3-21-41)40-33-9-5-28(6-10-33)17-20-36-27-39-32-15-13-31(14-16-32)38-19-2-24-44-26-4-22-42;1-13(34)10-16(25)31-7-4-22-19(28)23(5-8-32-17(26)11-14(2)35)21(30)24(20(22)29)6-9-33-18(27)12-15(3)36;1-2-4-17-5-7-18(8-6-17)19-9-11-20(12-10-19)23-14-3-15-24-21(22)13-16-25;22-13(1-10-31)28-7-4-19-16(25)20(5-8-29-14(23)2-11-32)18(27)21(17(19)26)6-9-30-15(24)3-12-33/h5-16,41-42H,1-4,17-27H2;13-15,34-36H,4-12H2,1-3H3;9-12,17-18,25H,2-8,13-16H2,1H3;31-33H,1-12H2. The third kappa shape index (κ3) is 52.5. The van der Waals surface area contributed by atoms with Crippen LogP contribution < -0.4 is 57.8 Å². The van der Waals surface area contributed by atoms with E-state index in [4.69, 9.17) is 61.6 Å². The van der Waals surface area contributed by atoms with Crippen molar-refractivity contribution in [1.82, 2.24) is 27.4 Å². The van der Waals surface area contributed by atoms with E-state index in [1.165, 1.54) is 44.1 Å². The zero-order valence-electron chi connectivity index (χ0n) is 78.9. The lowest BCUT2D eigenvalue weighted by atomic mass is 9.77. The number of carbonyl (C=O) groups excluding carboxylic acids is 8. The zero-order valence-corrected chi connectivity index (χ0v) is 88.6. The molecule has 0 N–H and O–H groups in total. The minimum atomic E-state index is -0.959. The fraction of sp³-hybridized carbons (Fsp3) is 0.596. The molecule has 770 valence electrons. The summed E-state index contributed by atoms with van der Waals surface area (Å²) in [6.07, 6.45) is 14.5. The molecule has 0 aliphatic heterocycles. The van der Waals surface area contributed by atoms with Gasteiger partial charge in [-0.1, -0.05) is 64.8 Å². The Morgan fingerprint density at radius 3 is 0.986 bits per heavy atom. The Balaban J connectivity index is 0.000000391. The van der Waals surface area contributed by atoms with Gasteiger partial charge >= 0.3 is 81.9 Å². The number of ether oxygens (including phenoxy) is 13. The third-order valence-electron chi connectivity index (χ3n) is 19.8. The van der Waals surface area contributed by atoms with E-state index in [2.05, 4.69) is 145 Å². The number of rotatable bonds is 64. The summed E-state index contributed by atoms with van der Waals surface area (Å²) in [6, 6.07) is 30.7. The first kappa shape index (κ1) is 123. The third-order valence-corrected chi connectivity index (χ3v) is 24.2. The lowest BCUT2D eigenvalue weighted by Crippen LogP contribution is -2.55. The molecule has 0 spiro atoms. The van der Waals surface area contributed by atoms with Gasteiger partial charge in [-0.25, -0.2) is 61.0 Å². The van der Waals surface area contributed by atoms with Gasteiger partial charge in [0.2, 0.25) is 0 Å². The average Bonchev–Trinajstić information content (AvgIpc) is 0.786. The fourth-order valence-corrected chi connectivity index (χ4v) is 16.5. The van der Waals surface area contributed by atoms with Crippen LogP contribution in [0.5, 0.6) is 28.7 Å².